The van der Waals surface area contributed by atoms with Crippen molar-refractivity contribution < 1.29 is 9.32 Å². The Bertz CT molecular complexity index is 502. The van der Waals surface area contributed by atoms with Gasteiger partial charge in [-0.15, -0.1) is 0 Å². The number of carbonyl (C=O) groups excluding carboxylic acids is 1. The number of hydrogen-bond acceptors (Lipinski definition) is 6. The molecule has 0 aliphatic rings. The topological polar surface area (TPSA) is 93.8 Å². The first-order chi connectivity index (χ1) is 8.25. The van der Waals surface area contributed by atoms with E-state index in [1.807, 2.05) is 0 Å². The molecular formula is C9H8ClN5O2. The summed E-state index contributed by atoms with van der Waals surface area (Å²) in [4.78, 5) is 23.0. The summed E-state index contributed by atoms with van der Waals surface area (Å²) in [6.07, 6.45) is 4.46. The highest BCUT2D eigenvalue weighted by Gasteiger charge is 2.08. The highest BCUT2D eigenvalue weighted by Crippen LogP contribution is 2.02. The van der Waals surface area contributed by atoms with E-state index >= 15 is 0 Å². The third-order valence-electron chi connectivity index (χ3n) is 1.87. The summed E-state index contributed by atoms with van der Waals surface area (Å²) in [6, 6.07) is 0. The lowest BCUT2D eigenvalue weighted by molar-refractivity contribution is 0.0948. The van der Waals surface area contributed by atoms with Crippen LogP contribution in [-0.4, -0.2) is 32.6 Å². The number of carbonyl (C=O) groups is 1. The van der Waals surface area contributed by atoms with E-state index in [1.54, 1.807) is 0 Å². The number of hydrogen-bond donors (Lipinski definition) is 1. The van der Waals surface area contributed by atoms with E-state index < -0.39 is 0 Å². The van der Waals surface area contributed by atoms with Gasteiger partial charge in [0.05, 0.1) is 12.4 Å². The van der Waals surface area contributed by atoms with Crippen molar-refractivity contribution in [2.75, 3.05) is 6.54 Å². The van der Waals surface area contributed by atoms with Gasteiger partial charge < -0.3 is 9.84 Å². The molecule has 0 saturated carbocycles. The number of halogens is 1. The molecule has 8 heteroatoms. The minimum absolute atomic E-state index is 0.169. The van der Waals surface area contributed by atoms with Crippen LogP contribution in [0.4, 0.5) is 0 Å². The Balaban J connectivity index is 1.85. The molecule has 0 aliphatic heterocycles. The van der Waals surface area contributed by atoms with Crippen LogP contribution in [0.25, 0.3) is 0 Å². The van der Waals surface area contributed by atoms with Crippen molar-refractivity contribution in [3.63, 3.8) is 0 Å². The van der Waals surface area contributed by atoms with Gasteiger partial charge in [0.15, 0.2) is 6.33 Å². The summed E-state index contributed by atoms with van der Waals surface area (Å²) in [5, 5.41) is 6.26. The lowest BCUT2D eigenvalue weighted by Gasteiger charge is -2.02. The van der Waals surface area contributed by atoms with Crippen molar-refractivity contribution >= 4 is 17.5 Å². The second-order valence-corrected chi connectivity index (χ2v) is 3.46. The van der Waals surface area contributed by atoms with Gasteiger partial charge >= 0.3 is 0 Å². The van der Waals surface area contributed by atoms with Crippen molar-refractivity contribution in [2.24, 2.45) is 0 Å². The van der Waals surface area contributed by atoms with Gasteiger partial charge in [-0.3, -0.25) is 9.78 Å². The van der Waals surface area contributed by atoms with E-state index in [4.69, 9.17) is 16.1 Å². The lowest BCUT2D eigenvalue weighted by Crippen LogP contribution is -2.26. The first-order valence-corrected chi connectivity index (χ1v) is 5.15. The molecule has 88 valence electrons. The molecule has 0 fully saturated rings. The fraction of sp³-hybridized carbons (Fsp3) is 0.222. The predicted molar refractivity (Wildman–Crippen MR) is 57.4 cm³/mol. The van der Waals surface area contributed by atoms with Crippen LogP contribution in [0.5, 0.6) is 0 Å². The van der Waals surface area contributed by atoms with Gasteiger partial charge in [-0.25, -0.2) is 4.98 Å². The molecular weight excluding hydrogens is 246 g/mol. The Kier molecular flexibility index (Phi) is 3.61. The maximum atomic E-state index is 11.6. The number of amides is 1. The van der Waals surface area contributed by atoms with E-state index in [1.165, 1.54) is 18.7 Å². The molecule has 2 aromatic heterocycles. The summed E-state index contributed by atoms with van der Waals surface area (Å²) < 4.78 is 4.78. The van der Waals surface area contributed by atoms with Gasteiger partial charge in [0.25, 0.3) is 5.91 Å². The third-order valence-corrected chi connectivity index (χ3v) is 2.05. The molecule has 2 rings (SSSR count). The van der Waals surface area contributed by atoms with Gasteiger partial charge in [-0.1, -0.05) is 16.8 Å². The summed E-state index contributed by atoms with van der Waals surface area (Å²) in [7, 11) is 0. The number of rotatable bonds is 4. The second kappa shape index (κ2) is 5.35. The van der Waals surface area contributed by atoms with Crippen molar-refractivity contribution in [1.29, 1.82) is 0 Å². The average molecular weight is 254 g/mol. The molecule has 0 aromatic carbocycles. The number of aromatic nitrogens is 4. The Labute approximate surface area is 101 Å². The third kappa shape index (κ3) is 3.22. The van der Waals surface area contributed by atoms with E-state index in [0.717, 1.165) is 0 Å². The van der Waals surface area contributed by atoms with Crippen molar-refractivity contribution in [3.05, 3.63) is 35.5 Å². The smallest absolute Gasteiger partial charge is 0.271 e. The fourth-order valence-corrected chi connectivity index (χ4v) is 1.28. The molecule has 1 N–H and O–H groups in total. The molecule has 0 unspecified atom stereocenters. The molecule has 1 amide bonds. The van der Waals surface area contributed by atoms with E-state index in [0.29, 0.717) is 18.9 Å². The molecule has 0 aliphatic carbocycles. The highest BCUT2D eigenvalue weighted by atomic mass is 35.5. The van der Waals surface area contributed by atoms with Gasteiger partial charge in [0, 0.05) is 13.0 Å². The first-order valence-electron chi connectivity index (χ1n) is 4.77. The average Bonchev–Trinajstić information content (AvgIpc) is 2.82. The molecule has 0 saturated heterocycles. The Morgan fingerprint density at radius 1 is 1.47 bits per heavy atom. The second-order valence-electron chi connectivity index (χ2n) is 3.07. The van der Waals surface area contributed by atoms with Crippen LogP contribution < -0.4 is 5.32 Å². The van der Waals surface area contributed by atoms with E-state index in [9.17, 15) is 4.79 Å². The summed E-state index contributed by atoms with van der Waals surface area (Å²) in [5.41, 5.74) is 0.169. The zero-order chi connectivity index (χ0) is 12.1. The minimum atomic E-state index is -0.348. The highest BCUT2D eigenvalue weighted by molar-refractivity contribution is 6.29. The van der Waals surface area contributed by atoms with Crippen molar-refractivity contribution in [1.82, 2.24) is 25.4 Å². The molecule has 17 heavy (non-hydrogen) atoms. The SMILES string of the molecule is O=C(NCCc1ncno1)c1cncc(Cl)n1. The molecule has 2 heterocycles. The molecule has 0 bridgehead atoms. The van der Waals surface area contributed by atoms with E-state index in [2.05, 4.69) is 25.4 Å². The molecule has 0 atom stereocenters. The molecule has 2 aromatic rings. The molecule has 0 spiro atoms. The van der Waals surface area contributed by atoms with Crippen molar-refractivity contribution in [3.8, 4) is 0 Å². The summed E-state index contributed by atoms with van der Waals surface area (Å²) in [6.45, 7) is 0.370. The normalized spacial score (nSPS) is 10.2. The maximum Gasteiger partial charge on any atom is 0.271 e. The van der Waals surface area contributed by atoms with Crippen LogP contribution in [0.15, 0.2) is 23.2 Å². The van der Waals surface area contributed by atoms with Crippen LogP contribution >= 0.6 is 11.6 Å². The molecule has 7 nitrogen and oxygen atoms in total. The standard InChI is InChI=1S/C9H8ClN5O2/c10-7-4-11-3-6(15-7)9(16)12-2-1-8-13-5-14-17-8/h3-5H,1-2H2,(H,12,16). The van der Waals surface area contributed by atoms with Crippen LogP contribution in [0, 0.1) is 0 Å². The summed E-state index contributed by atoms with van der Waals surface area (Å²) in [5.74, 6) is 0.113. The van der Waals surface area contributed by atoms with E-state index in [-0.39, 0.29) is 16.8 Å². The molecule has 0 radical (unpaired) electrons. The first kappa shape index (κ1) is 11.5. The summed E-state index contributed by atoms with van der Waals surface area (Å²) >= 11 is 5.62. The van der Waals surface area contributed by atoms with Gasteiger partial charge in [0.2, 0.25) is 5.89 Å². The van der Waals surface area contributed by atoms with Crippen LogP contribution in [0.1, 0.15) is 16.4 Å². The lowest BCUT2D eigenvalue weighted by atomic mass is 10.4. The minimum Gasteiger partial charge on any atom is -0.350 e. The quantitative estimate of drug-likeness (QED) is 0.852. The Morgan fingerprint density at radius 2 is 2.35 bits per heavy atom. The monoisotopic (exact) mass is 253 g/mol. The van der Waals surface area contributed by atoms with Crippen molar-refractivity contribution in [2.45, 2.75) is 6.42 Å². The van der Waals surface area contributed by atoms with Gasteiger partial charge in [-0.2, -0.15) is 4.98 Å². The largest absolute Gasteiger partial charge is 0.350 e. The zero-order valence-corrected chi connectivity index (χ0v) is 9.39. The van der Waals surface area contributed by atoms with Gasteiger partial charge in [0.1, 0.15) is 10.8 Å². The number of nitrogens with zero attached hydrogens (tertiary/aromatic N) is 4. The predicted octanol–water partition coefficient (Wildman–Crippen LogP) is 0.485. The van der Waals surface area contributed by atoms with Gasteiger partial charge in [-0.05, 0) is 0 Å². The Morgan fingerprint density at radius 3 is 3.06 bits per heavy atom. The van der Waals surface area contributed by atoms with Crippen LogP contribution in [0.3, 0.4) is 0 Å². The van der Waals surface area contributed by atoms with Crippen LogP contribution in [0.2, 0.25) is 5.15 Å². The fourth-order valence-electron chi connectivity index (χ4n) is 1.13. The number of nitrogens with one attached hydrogen (secondary N) is 1. The zero-order valence-electron chi connectivity index (χ0n) is 8.63. The maximum absolute atomic E-state index is 11.6. The van der Waals surface area contributed by atoms with Crippen LogP contribution in [-0.2, 0) is 6.42 Å². The Hall–Kier alpha value is -2.02.